The van der Waals surface area contributed by atoms with Gasteiger partial charge in [-0.1, -0.05) is 30.3 Å². The van der Waals surface area contributed by atoms with E-state index in [2.05, 4.69) is 36.1 Å². The van der Waals surface area contributed by atoms with Crippen LogP contribution in [0, 0.1) is 5.82 Å². The number of aryl methyl sites for hydroxylation is 1. The maximum absolute atomic E-state index is 15.0. The molecule has 1 saturated heterocycles. The second-order valence-electron chi connectivity index (χ2n) is 11.0. The minimum atomic E-state index is -4.84. The van der Waals surface area contributed by atoms with Crippen molar-refractivity contribution in [1.82, 2.24) is 19.7 Å². The van der Waals surface area contributed by atoms with E-state index in [0.717, 1.165) is 30.4 Å². The van der Waals surface area contributed by atoms with E-state index in [9.17, 15) is 18.0 Å². The lowest BCUT2D eigenvalue weighted by atomic mass is 9.89. The maximum atomic E-state index is 15.0. The average molecular weight is 552 g/mol. The summed E-state index contributed by atoms with van der Waals surface area (Å²) < 4.78 is 57.6. The lowest BCUT2D eigenvalue weighted by Crippen LogP contribution is -2.54. The molecule has 5 rings (SSSR count). The summed E-state index contributed by atoms with van der Waals surface area (Å²) in [5.74, 6) is -1.95. The molecule has 0 atom stereocenters. The second kappa shape index (κ2) is 10.2. The van der Waals surface area contributed by atoms with E-state index >= 15 is 4.39 Å². The molecule has 1 amide bonds. The molecule has 0 radical (unpaired) electrons. The van der Waals surface area contributed by atoms with E-state index in [-0.39, 0.29) is 22.7 Å². The van der Waals surface area contributed by atoms with E-state index in [1.807, 2.05) is 36.4 Å². The molecule has 3 heterocycles. The van der Waals surface area contributed by atoms with Gasteiger partial charge in [0, 0.05) is 54.6 Å². The fourth-order valence-corrected chi connectivity index (χ4v) is 4.77. The van der Waals surface area contributed by atoms with Crippen molar-refractivity contribution in [2.75, 3.05) is 18.4 Å². The molecular formula is C30H29F4N5O. The highest BCUT2D eigenvalue weighted by atomic mass is 19.4. The molecular weight excluding hydrogens is 522 g/mol. The third-order valence-corrected chi connectivity index (χ3v) is 7.11. The van der Waals surface area contributed by atoms with Crippen LogP contribution in [-0.2, 0) is 13.2 Å². The molecule has 208 valence electrons. The third kappa shape index (κ3) is 5.49. The molecule has 2 aromatic carbocycles. The first-order valence-corrected chi connectivity index (χ1v) is 12.8. The molecule has 0 spiro atoms. The fraction of sp³-hybridized carbons (Fsp3) is 0.300. The summed E-state index contributed by atoms with van der Waals surface area (Å²) in [5, 5.41) is 6.72. The standard InChI is InChI=1S/C30H29F4N5O/c1-29(2,3)39-16-19(17-39)24-10-11-26(27(35-24)18-8-6-5-7-9-18)36-28(40)21-14-20(25-12-13-38(4)37-25)22(15-23(21)31)30(32,33)34/h5-15,19H,16-17H2,1-4H3,(H,36,40). The Bertz CT molecular complexity index is 1550. The number of amides is 1. The van der Waals surface area contributed by atoms with Gasteiger partial charge in [0.25, 0.3) is 5.91 Å². The van der Waals surface area contributed by atoms with Gasteiger partial charge in [-0.2, -0.15) is 18.3 Å². The van der Waals surface area contributed by atoms with Crippen LogP contribution in [0.25, 0.3) is 22.5 Å². The number of aromatic nitrogens is 3. The molecule has 40 heavy (non-hydrogen) atoms. The van der Waals surface area contributed by atoms with Gasteiger partial charge >= 0.3 is 6.18 Å². The first-order chi connectivity index (χ1) is 18.8. The van der Waals surface area contributed by atoms with Crippen LogP contribution in [0.3, 0.4) is 0 Å². The van der Waals surface area contributed by atoms with Crippen LogP contribution < -0.4 is 5.32 Å². The number of pyridine rings is 1. The number of benzene rings is 2. The van der Waals surface area contributed by atoms with Crippen molar-refractivity contribution in [3.05, 3.63) is 89.5 Å². The van der Waals surface area contributed by atoms with E-state index in [1.165, 1.54) is 16.9 Å². The third-order valence-electron chi connectivity index (χ3n) is 7.11. The molecule has 6 nitrogen and oxygen atoms in total. The molecule has 1 aliphatic heterocycles. The first-order valence-electron chi connectivity index (χ1n) is 12.8. The fourth-order valence-electron chi connectivity index (χ4n) is 4.77. The Morgan fingerprint density at radius 3 is 2.30 bits per heavy atom. The topological polar surface area (TPSA) is 63.1 Å². The number of rotatable bonds is 5. The number of likely N-dealkylation sites (tertiary alicyclic amines) is 1. The van der Waals surface area contributed by atoms with Gasteiger partial charge in [0.05, 0.1) is 28.2 Å². The van der Waals surface area contributed by atoms with Crippen LogP contribution in [0.5, 0.6) is 0 Å². The Hall–Kier alpha value is -4.05. The first kappa shape index (κ1) is 27.5. The summed E-state index contributed by atoms with van der Waals surface area (Å²) in [6.07, 6.45) is -3.37. The number of nitrogens with zero attached hydrogens (tertiary/aromatic N) is 4. The van der Waals surface area contributed by atoms with Gasteiger partial charge in [0.1, 0.15) is 5.82 Å². The summed E-state index contributed by atoms with van der Waals surface area (Å²) in [7, 11) is 1.56. The number of hydrogen-bond donors (Lipinski definition) is 1. The van der Waals surface area contributed by atoms with Crippen molar-refractivity contribution in [2.24, 2.45) is 7.05 Å². The Labute approximate surface area is 229 Å². The second-order valence-corrected chi connectivity index (χ2v) is 11.0. The van der Waals surface area contributed by atoms with Gasteiger partial charge in [0.15, 0.2) is 0 Å². The van der Waals surface area contributed by atoms with Crippen LogP contribution in [0.2, 0.25) is 0 Å². The molecule has 10 heteroatoms. The van der Waals surface area contributed by atoms with Crippen LogP contribution in [-0.4, -0.2) is 44.2 Å². The summed E-state index contributed by atoms with van der Waals surface area (Å²) in [6.45, 7) is 8.17. The van der Waals surface area contributed by atoms with Crippen molar-refractivity contribution < 1.29 is 22.4 Å². The SMILES string of the molecule is Cn1ccc(-c2cc(C(=O)Nc3ccc(C4CN(C(C)(C)C)C4)nc3-c3ccccc3)c(F)cc2C(F)(F)F)n1. The average Bonchev–Trinajstić information content (AvgIpc) is 3.29. The molecule has 1 N–H and O–H groups in total. The maximum Gasteiger partial charge on any atom is 0.417 e. The number of halogens is 4. The van der Waals surface area contributed by atoms with E-state index in [4.69, 9.17) is 4.98 Å². The van der Waals surface area contributed by atoms with Crippen molar-refractivity contribution >= 4 is 11.6 Å². The van der Waals surface area contributed by atoms with Crippen molar-refractivity contribution in [3.63, 3.8) is 0 Å². The summed E-state index contributed by atoms with van der Waals surface area (Å²) in [6, 6.07) is 15.4. The van der Waals surface area contributed by atoms with Crippen molar-refractivity contribution in [1.29, 1.82) is 0 Å². The highest BCUT2D eigenvalue weighted by Crippen LogP contribution is 2.39. The lowest BCUT2D eigenvalue weighted by molar-refractivity contribution is -0.137. The number of hydrogen-bond acceptors (Lipinski definition) is 4. The predicted octanol–water partition coefficient (Wildman–Crippen LogP) is 6.76. The Morgan fingerprint density at radius 2 is 1.70 bits per heavy atom. The molecule has 0 saturated carbocycles. The van der Waals surface area contributed by atoms with Crippen LogP contribution in [0.4, 0.5) is 23.2 Å². The van der Waals surface area contributed by atoms with Crippen LogP contribution in [0.1, 0.15) is 48.3 Å². The molecule has 0 bridgehead atoms. The lowest BCUT2D eigenvalue weighted by Gasteiger charge is -2.47. The van der Waals surface area contributed by atoms with Crippen LogP contribution in [0.15, 0.2) is 66.9 Å². The normalized spacial score (nSPS) is 14.7. The molecule has 2 aromatic heterocycles. The summed E-state index contributed by atoms with van der Waals surface area (Å²) >= 11 is 0. The number of alkyl halides is 3. The monoisotopic (exact) mass is 551 g/mol. The van der Waals surface area contributed by atoms with E-state index in [1.54, 1.807) is 13.1 Å². The van der Waals surface area contributed by atoms with Gasteiger partial charge < -0.3 is 5.32 Å². The van der Waals surface area contributed by atoms with E-state index < -0.39 is 29.0 Å². The molecule has 4 aromatic rings. The van der Waals surface area contributed by atoms with Crippen LogP contribution >= 0.6 is 0 Å². The molecule has 0 aliphatic carbocycles. The summed E-state index contributed by atoms with van der Waals surface area (Å²) in [4.78, 5) is 20.5. The highest BCUT2D eigenvalue weighted by Gasteiger charge is 2.37. The number of anilines is 1. The zero-order chi connectivity index (χ0) is 28.8. The van der Waals surface area contributed by atoms with Gasteiger partial charge in [-0.25, -0.2) is 4.39 Å². The molecule has 0 unspecified atom stereocenters. The minimum absolute atomic E-state index is 0.0235. The van der Waals surface area contributed by atoms with Gasteiger partial charge in [-0.15, -0.1) is 0 Å². The number of carbonyl (C=O) groups excluding carboxylic acids is 1. The number of carbonyl (C=O) groups is 1. The van der Waals surface area contributed by atoms with Crippen molar-refractivity contribution in [2.45, 2.75) is 38.4 Å². The quantitative estimate of drug-likeness (QED) is 0.279. The predicted molar refractivity (Wildman–Crippen MR) is 145 cm³/mol. The number of nitrogens with one attached hydrogen (secondary N) is 1. The Kier molecular flexibility index (Phi) is 6.99. The molecule has 1 aliphatic rings. The zero-order valence-electron chi connectivity index (χ0n) is 22.6. The van der Waals surface area contributed by atoms with Gasteiger partial charge in [0.2, 0.25) is 0 Å². The highest BCUT2D eigenvalue weighted by molar-refractivity contribution is 6.07. The largest absolute Gasteiger partial charge is 0.417 e. The smallest absolute Gasteiger partial charge is 0.320 e. The zero-order valence-corrected chi connectivity index (χ0v) is 22.6. The molecule has 1 fully saturated rings. The Morgan fingerprint density at radius 1 is 1.00 bits per heavy atom. The van der Waals surface area contributed by atoms with Gasteiger partial charge in [-0.05, 0) is 51.1 Å². The Balaban J connectivity index is 1.50. The summed E-state index contributed by atoms with van der Waals surface area (Å²) in [5.41, 5.74) is 0.340. The van der Waals surface area contributed by atoms with Gasteiger partial charge in [-0.3, -0.25) is 19.4 Å². The van der Waals surface area contributed by atoms with Crippen molar-refractivity contribution in [3.8, 4) is 22.5 Å². The van der Waals surface area contributed by atoms with E-state index in [0.29, 0.717) is 17.4 Å². The minimum Gasteiger partial charge on any atom is -0.320 e.